The van der Waals surface area contributed by atoms with Crippen LogP contribution in [0.25, 0.3) is 5.69 Å². The highest BCUT2D eigenvalue weighted by molar-refractivity contribution is 6.04. The van der Waals surface area contributed by atoms with Gasteiger partial charge in [0.1, 0.15) is 0 Å². The highest BCUT2D eigenvalue weighted by atomic mass is 16.2. The lowest BCUT2D eigenvalue weighted by Gasteiger charge is -2.15. The molecule has 0 saturated carbocycles. The third-order valence-corrected chi connectivity index (χ3v) is 5.27. The van der Waals surface area contributed by atoms with Crippen LogP contribution in [0.15, 0.2) is 85.5 Å². The molecule has 8 nitrogen and oxygen atoms in total. The fourth-order valence-electron chi connectivity index (χ4n) is 3.64. The van der Waals surface area contributed by atoms with Crippen LogP contribution in [0.1, 0.15) is 21.5 Å². The summed E-state index contributed by atoms with van der Waals surface area (Å²) in [6.07, 6.45) is 6.55. The van der Waals surface area contributed by atoms with Gasteiger partial charge in [-0.1, -0.05) is 30.3 Å². The Balaban J connectivity index is 1.26. The molecule has 2 aromatic carbocycles. The predicted molar refractivity (Wildman–Crippen MR) is 120 cm³/mol. The lowest BCUT2D eigenvalue weighted by molar-refractivity contribution is 0.102. The standard InChI is InChI=1S/C24H20N6O2/c31-23(27-20-8-10-25-11-9-20)17-6-3-7-22(12-17)30-16-21(13-26-30)28-24(32)29-14-18-4-1-2-5-19(18)15-29/h1-13,16H,14-15H2,(H,28,32)(H,25,27,31). The zero-order valence-corrected chi connectivity index (χ0v) is 17.1. The Morgan fingerprint density at radius 2 is 1.59 bits per heavy atom. The second-order valence-corrected chi connectivity index (χ2v) is 7.47. The fourth-order valence-corrected chi connectivity index (χ4v) is 3.64. The van der Waals surface area contributed by atoms with Crippen molar-refractivity contribution in [1.29, 1.82) is 0 Å². The first-order valence-corrected chi connectivity index (χ1v) is 10.1. The van der Waals surface area contributed by atoms with Crippen LogP contribution >= 0.6 is 0 Å². The molecule has 4 aromatic rings. The maximum atomic E-state index is 12.7. The molecule has 3 amide bonds. The molecule has 0 fully saturated rings. The largest absolute Gasteiger partial charge is 0.322 e. The number of rotatable bonds is 4. The van der Waals surface area contributed by atoms with E-state index in [1.165, 1.54) is 11.1 Å². The molecule has 0 radical (unpaired) electrons. The predicted octanol–water partition coefficient (Wildman–Crippen LogP) is 4.07. The van der Waals surface area contributed by atoms with Gasteiger partial charge in [-0.25, -0.2) is 9.48 Å². The van der Waals surface area contributed by atoms with E-state index in [0.717, 1.165) is 0 Å². The first kappa shape index (κ1) is 19.5. The lowest BCUT2D eigenvalue weighted by atomic mass is 10.1. The fraction of sp³-hybridized carbons (Fsp3) is 0.0833. The Kier molecular flexibility index (Phi) is 5.09. The van der Waals surface area contributed by atoms with Crippen molar-refractivity contribution in [3.05, 3.63) is 102 Å². The van der Waals surface area contributed by atoms with Crippen LogP contribution < -0.4 is 10.6 Å². The number of carbonyl (C=O) groups is 2. The van der Waals surface area contributed by atoms with E-state index in [2.05, 4.69) is 20.7 Å². The van der Waals surface area contributed by atoms with Crippen LogP contribution in [0.2, 0.25) is 0 Å². The quantitative estimate of drug-likeness (QED) is 0.517. The molecule has 0 aliphatic carbocycles. The maximum Gasteiger partial charge on any atom is 0.322 e. The van der Waals surface area contributed by atoms with Crippen LogP contribution in [0.4, 0.5) is 16.2 Å². The zero-order chi connectivity index (χ0) is 21.9. The number of amides is 3. The number of urea groups is 1. The molecule has 0 atom stereocenters. The first-order valence-electron chi connectivity index (χ1n) is 10.1. The van der Waals surface area contributed by atoms with E-state index in [4.69, 9.17) is 0 Å². The number of fused-ring (bicyclic) bond motifs is 1. The molecule has 0 unspecified atom stereocenters. The van der Waals surface area contributed by atoms with Crippen molar-refractivity contribution in [2.24, 2.45) is 0 Å². The summed E-state index contributed by atoms with van der Waals surface area (Å²) in [5.74, 6) is -0.229. The summed E-state index contributed by atoms with van der Waals surface area (Å²) in [5, 5.41) is 10.1. The van der Waals surface area contributed by atoms with Gasteiger partial charge in [-0.05, 0) is 41.5 Å². The summed E-state index contributed by atoms with van der Waals surface area (Å²) in [6.45, 7) is 1.18. The van der Waals surface area contributed by atoms with Crippen LogP contribution in [0.3, 0.4) is 0 Å². The highest BCUT2D eigenvalue weighted by Crippen LogP contribution is 2.23. The van der Waals surface area contributed by atoms with Crippen molar-refractivity contribution >= 4 is 23.3 Å². The Morgan fingerprint density at radius 1 is 0.844 bits per heavy atom. The SMILES string of the molecule is O=C(Nc1ccncc1)c1cccc(-n2cc(NC(=O)N3Cc4ccccc4C3)cn2)c1. The van der Waals surface area contributed by atoms with Gasteiger partial charge in [-0.15, -0.1) is 0 Å². The van der Waals surface area contributed by atoms with Crippen LogP contribution in [0, 0.1) is 0 Å². The summed E-state index contributed by atoms with van der Waals surface area (Å²) < 4.78 is 1.62. The van der Waals surface area contributed by atoms with E-state index in [9.17, 15) is 9.59 Å². The Hall–Kier alpha value is -4.46. The number of benzene rings is 2. The molecule has 1 aliphatic rings. The molecule has 8 heteroatoms. The molecule has 158 valence electrons. The molecule has 5 rings (SSSR count). The topological polar surface area (TPSA) is 92.2 Å². The van der Waals surface area contributed by atoms with E-state index in [0.29, 0.717) is 35.7 Å². The van der Waals surface area contributed by atoms with Crippen molar-refractivity contribution in [3.63, 3.8) is 0 Å². The Bertz CT molecular complexity index is 1260. The van der Waals surface area contributed by atoms with Gasteiger partial charge < -0.3 is 15.5 Å². The van der Waals surface area contributed by atoms with Gasteiger partial charge in [-0.2, -0.15) is 5.10 Å². The van der Waals surface area contributed by atoms with Gasteiger partial charge in [-0.3, -0.25) is 9.78 Å². The third kappa shape index (κ3) is 4.06. The number of pyridine rings is 1. The van der Waals surface area contributed by atoms with Crippen molar-refractivity contribution in [2.45, 2.75) is 13.1 Å². The minimum atomic E-state index is -0.229. The van der Waals surface area contributed by atoms with Crippen molar-refractivity contribution in [3.8, 4) is 5.69 Å². The van der Waals surface area contributed by atoms with Crippen LogP contribution in [-0.4, -0.2) is 31.6 Å². The summed E-state index contributed by atoms with van der Waals surface area (Å²) >= 11 is 0. The highest BCUT2D eigenvalue weighted by Gasteiger charge is 2.23. The third-order valence-electron chi connectivity index (χ3n) is 5.27. The van der Waals surface area contributed by atoms with E-state index in [1.54, 1.807) is 64.7 Å². The zero-order valence-electron chi connectivity index (χ0n) is 17.1. The van der Waals surface area contributed by atoms with Crippen LogP contribution in [-0.2, 0) is 13.1 Å². The number of carbonyl (C=O) groups excluding carboxylic acids is 2. The van der Waals surface area contributed by atoms with E-state index >= 15 is 0 Å². The van der Waals surface area contributed by atoms with Crippen LogP contribution in [0.5, 0.6) is 0 Å². The molecule has 2 aromatic heterocycles. The number of anilines is 2. The monoisotopic (exact) mass is 424 g/mol. The molecule has 3 heterocycles. The molecular weight excluding hydrogens is 404 g/mol. The second kappa shape index (κ2) is 8.35. The lowest BCUT2D eigenvalue weighted by Crippen LogP contribution is -2.30. The average Bonchev–Trinajstić information content (AvgIpc) is 3.47. The molecule has 0 saturated heterocycles. The van der Waals surface area contributed by atoms with E-state index in [-0.39, 0.29) is 11.9 Å². The van der Waals surface area contributed by atoms with Gasteiger partial charge in [0.25, 0.3) is 5.91 Å². The van der Waals surface area contributed by atoms with Gasteiger partial charge in [0.15, 0.2) is 0 Å². The smallest absolute Gasteiger partial charge is 0.322 e. The number of nitrogens with one attached hydrogen (secondary N) is 2. The molecule has 2 N–H and O–H groups in total. The Morgan fingerprint density at radius 3 is 2.34 bits per heavy atom. The summed E-state index contributed by atoms with van der Waals surface area (Å²) in [4.78, 5) is 30.9. The minimum absolute atomic E-state index is 0.175. The minimum Gasteiger partial charge on any atom is -0.322 e. The second-order valence-electron chi connectivity index (χ2n) is 7.47. The van der Waals surface area contributed by atoms with Gasteiger partial charge in [0.2, 0.25) is 0 Å². The number of hydrogen-bond donors (Lipinski definition) is 2. The normalized spacial score (nSPS) is 12.3. The number of nitrogens with zero attached hydrogens (tertiary/aromatic N) is 4. The van der Waals surface area contributed by atoms with Crippen molar-refractivity contribution in [2.75, 3.05) is 10.6 Å². The van der Waals surface area contributed by atoms with E-state index in [1.807, 2.05) is 30.3 Å². The average molecular weight is 424 g/mol. The van der Waals surface area contributed by atoms with Gasteiger partial charge in [0, 0.05) is 36.7 Å². The number of aromatic nitrogens is 3. The van der Waals surface area contributed by atoms with Gasteiger partial charge >= 0.3 is 6.03 Å². The molecule has 0 spiro atoms. The summed E-state index contributed by atoms with van der Waals surface area (Å²) in [7, 11) is 0. The van der Waals surface area contributed by atoms with E-state index < -0.39 is 0 Å². The van der Waals surface area contributed by atoms with Gasteiger partial charge in [0.05, 0.1) is 23.8 Å². The summed E-state index contributed by atoms with van der Waals surface area (Å²) in [6, 6.07) is 18.4. The maximum absolute atomic E-state index is 12.7. The first-order chi connectivity index (χ1) is 15.7. The Labute approximate surface area is 184 Å². The summed E-state index contributed by atoms with van der Waals surface area (Å²) in [5.41, 5.74) is 4.79. The number of hydrogen-bond acceptors (Lipinski definition) is 4. The molecular formula is C24H20N6O2. The van der Waals surface area contributed by atoms with Crippen molar-refractivity contribution < 1.29 is 9.59 Å². The van der Waals surface area contributed by atoms with Crippen molar-refractivity contribution in [1.82, 2.24) is 19.7 Å². The molecule has 1 aliphatic heterocycles. The molecule has 32 heavy (non-hydrogen) atoms. The molecule has 0 bridgehead atoms.